The first-order valence-corrected chi connectivity index (χ1v) is 13.4. The van der Waals surface area contributed by atoms with Crippen LogP contribution >= 0.6 is 0 Å². The van der Waals surface area contributed by atoms with Gasteiger partial charge in [0.15, 0.2) is 0 Å². The number of aromatic nitrogens is 1. The molecule has 5 rings (SSSR count). The van der Waals surface area contributed by atoms with Gasteiger partial charge in [0.1, 0.15) is 5.75 Å². The van der Waals surface area contributed by atoms with Crippen molar-refractivity contribution in [3.8, 4) is 17.0 Å². The molecule has 0 amide bonds. The quantitative estimate of drug-likeness (QED) is 0.230. The molecule has 0 aliphatic carbocycles. The van der Waals surface area contributed by atoms with E-state index in [1.165, 1.54) is 27.6 Å². The maximum atomic E-state index is 5.82. The second-order valence-corrected chi connectivity index (χ2v) is 10.5. The van der Waals surface area contributed by atoms with Gasteiger partial charge in [0.25, 0.3) is 0 Å². The molecule has 0 radical (unpaired) electrons. The van der Waals surface area contributed by atoms with Gasteiger partial charge in [0.2, 0.25) is 0 Å². The minimum Gasteiger partial charge on any atom is -0.497 e. The molecule has 0 saturated carbocycles. The first-order valence-electron chi connectivity index (χ1n) is 13.4. The number of benzene rings is 4. The summed E-state index contributed by atoms with van der Waals surface area (Å²) in [6.45, 7) is 9.02. The molecule has 0 aliphatic rings. The molecule has 0 spiro atoms. The molecule has 1 unspecified atom stereocenters. The van der Waals surface area contributed by atoms with Crippen LogP contribution in [-0.2, 0) is 0 Å². The van der Waals surface area contributed by atoms with E-state index in [0.29, 0.717) is 11.8 Å². The monoisotopic (exact) mass is 500 g/mol. The number of hydrogen-bond donors (Lipinski definition) is 1. The zero-order valence-corrected chi connectivity index (χ0v) is 22.9. The van der Waals surface area contributed by atoms with Crippen molar-refractivity contribution in [1.29, 1.82) is 0 Å². The van der Waals surface area contributed by atoms with Crippen LogP contribution in [0.3, 0.4) is 0 Å². The number of pyridine rings is 1. The van der Waals surface area contributed by atoms with Gasteiger partial charge in [-0.2, -0.15) is 0 Å². The predicted octanol–water partition coefficient (Wildman–Crippen LogP) is 9.36. The molecule has 1 atom stereocenters. The van der Waals surface area contributed by atoms with Crippen LogP contribution in [0.4, 0.5) is 5.69 Å². The first kappa shape index (κ1) is 25.5. The maximum absolute atomic E-state index is 5.82. The number of ether oxygens (including phenoxy) is 1. The number of hydrogen-bond acceptors (Lipinski definition) is 3. The minimum absolute atomic E-state index is 0.155. The van der Waals surface area contributed by atoms with E-state index in [1.54, 1.807) is 7.11 Å². The Morgan fingerprint density at radius 1 is 0.684 bits per heavy atom. The molecule has 38 heavy (non-hydrogen) atoms. The smallest absolute Gasteiger partial charge is 0.122 e. The van der Waals surface area contributed by atoms with Crippen LogP contribution in [0.2, 0.25) is 0 Å². The van der Waals surface area contributed by atoms with Crippen LogP contribution in [0, 0.1) is 0 Å². The fraction of sp³-hybridized carbons (Fsp3) is 0.229. The Balaban J connectivity index is 1.71. The first-order chi connectivity index (χ1) is 18.5. The molecule has 1 aromatic heterocycles. The summed E-state index contributed by atoms with van der Waals surface area (Å²) < 4.78 is 5.82. The van der Waals surface area contributed by atoms with E-state index in [1.807, 2.05) is 6.07 Å². The number of methoxy groups -OCH3 is 1. The summed E-state index contributed by atoms with van der Waals surface area (Å²) in [6, 6.07) is 36.0. The van der Waals surface area contributed by atoms with Crippen molar-refractivity contribution in [2.45, 2.75) is 45.6 Å². The predicted molar refractivity (Wildman–Crippen MR) is 160 cm³/mol. The fourth-order valence-electron chi connectivity index (χ4n) is 5.21. The summed E-state index contributed by atoms with van der Waals surface area (Å²) in [5.41, 5.74) is 7.91. The van der Waals surface area contributed by atoms with Crippen molar-refractivity contribution in [2.24, 2.45) is 0 Å². The second-order valence-electron chi connectivity index (χ2n) is 10.5. The van der Waals surface area contributed by atoms with Crippen molar-refractivity contribution in [2.75, 3.05) is 12.4 Å². The second kappa shape index (κ2) is 11.1. The molecule has 5 aromatic rings. The summed E-state index contributed by atoms with van der Waals surface area (Å²) in [6.07, 6.45) is 0. The zero-order valence-electron chi connectivity index (χ0n) is 22.9. The number of anilines is 1. The van der Waals surface area contributed by atoms with Gasteiger partial charge >= 0.3 is 0 Å². The van der Waals surface area contributed by atoms with Crippen molar-refractivity contribution >= 4 is 16.5 Å². The van der Waals surface area contributed by atoms with Gasteiger partial charge in [-0.15, -0.1) is 0 Å². The molecule has 3 heteroatoms. The number of nitrogens with one attached hydrogen (secondary N) is 1. The Bertz CT molecular complexity index is 1510. The van der Waals surface area contributed by atoms with E-state index < -0.39 is 0 Å². The summed E-state index contributed by atoms with van der Waals surface area (Å²) in [5.74, 6) is 1.57. The lowest BCUT2D eigenvalue weighted by Gasteiger charge is -2.27. The molecule has 0 bridgehead atoms. The highest BCUT2D eigenvalue weighted by Crippen LogP contribution is 2.38. The Labute approximate surface area is 226 Å². The van der Waals surface area contributed by atoms with Crippen LogP contribution in [0.25, 0.3) is 22.0 Å². The minimum atomic E-state index is -0.155. The van der Waals surface area contributed by atoms with Crippen LogP contribution < -0.4 is 10.1 Å². The normalized spacial score (nSPS) is 12.2. The highest BCUT2D eigenvalue weighted by atomic mass is 16.5. The van der Waals surface area contributed by atoms with E-state index in [-0.39, 0.29) is 6.04 Å². The van der Waals surface area contributed by atoms with Crippen LogP contribution in [0.5, 0.6) is 5.75 Å². The van der Waals surface area contributed by atoms with Gasteiger partial charge in [-0.1, -0.05) is 119 Å². The highest BCUT2D eigenvalue weighted by molar-refractivity contribution is 5.96. The molecule has 1 N–H and O–H groups in total. The van der Waals surface area contributed by atoms with E-state index >= 15 is 0 Å². The van der Waals surface area contributed by atoms with Crippen molar-refractivity contribution in [3.05, 3.63) is 126 Å². The maximum Gasteiger partial charge on any atom is 0.122 e. The third kappa shape index (κ3) is 5.15. The highest BCUT2D eigenvalue weighted by Gasteiger charge is 2.22. The number of rotatable bonds is 8. The van der Waals surface area contributed by atoms with E-state index in [2.05, 4.69) is 130 Å². The molecular weight excluding hydrogens is 464 g/mol. The third-order valence-electron chi connectivity index (χ3n) is 7.21. The van der Waals surface area contributed by atoms with Gasteiger partial charge in [-0.25, -0.2) is 4.98 Å². The molecule has 192 valence electrons. The van der Waals surface area contributed by atoms with Crippen molar-refractivity contribution in [3.63, 3.8) is 0 Å². The molecule has 0 fully saturated rings. The molecule has 4 aromatic carbocycles. The Kier molecular flexibility index (Phi) is 7.46. The van der Waals surface area contributed by atoms with Gasteiger partial charge in [0, 0.05) is 23.4 Å². The SMILES string of the molecule is COc1cc(-c2cccc3ccccc23)nc(C(Nc2c(C(C)C)cccc2C(C)C)c2ccccc2)c1. The molecule has 1 heterocycles. The van der Waals surface area contributed by atoms with Crippen molar-refractivity contribution < 1.29 is 4.74 Å². The number of nitrogens with zero attached hydrogens (tertiary/aromatic N) is 1. The van der Waals surface area contributed by atoms with Crippen LogP contribution in [0.1, 0.15) is 68.0 Å². The van der Waals surface area contributed by atoms with E-state index in [4.69, 9.17) is 9.72 Å². The summed E-state index contributed by atoms with van der Waals surface area (Å²) in [5, 5.41) is 6.34. The summed E-state index contributed by atoms with van der Waals surface area (Å²) in [7, 11) is 1.72. The number of para-hydroxylation sites is 1. The molecular formula is C35H36N2O. The van der Waals surface area contributed by atoms with Gasteiger partial charge in [-0.05, 0) is 39.3 Å². The largest absolute Gasteiger partial charge is 0.497 e. The fourth-order valence-corrected chi connectivity index (χ4v) is 5.21. The lowest BCUT2D eigenvalue weighted by molar-refractivity contribution is 0.413. The molecule has 3 nitrogen and oxygen atoms in total. The molecule has 0 saturated heterocycles. The van der Waals surface area contributed by atoms with Crippen LogP contribution in [-0.4, -0.2) is 12.1 Å². The van der Waals surface area contributed by atoms with Crippen LogP contribution in [0.15, 0.2) is 103 Å². The summed E-state index contributed by atoms with van der Waals surface area (Å²) in [4.78, 5) is 5.28. The van der Waals surface area contributed by atoms with Crippen molar-refractivity contribution in [1.82, 2.24) is 4.98 Å². The van der Waals surface area contributed by atoms with Gasteiger partial charge in [0.05, 0.1) is 24.5 Å². The number of fused-ring (bicyclic) bond motifs is 1. The lowest BCUT2D eigenvalue weighted by atomic mass is 9.91. The average molecular weight is 501 g/mol. The van der Waals surface area contributed by atoms with E-state index in [9.17, 15) is 0 Å². The average Bonchev–Trinajstić information content (AvgIpc) is 2.95. The zero-order chi connectivity index (χ0) is 26.6. The standard InChI is InChI=1S/C35H36N2O/c1-23(2)28-18-12-19-29(24(3)4)35(28)37-34(26-14-7-6-8-15-26)33-22-27(38-5)21-32(36-33)31-20-11-16-25-13-9-10-17-30(25)31/h6-24,34,37H,1-5H3. The van der Waals surface area contributed by atoms with Gasteiger partial charge in [-0.3, -0.25) is 0 Å². The van der Waals surface area contributed by atoms with Gasteiger partial charge < -0.3 is 10.1 Å². The topological polar surface area (TPSA) is 34.1 Å². The Morgan fingerprint density at radius 2 is 1.32 bits per heavy atom. The van der Waals surface area contributed by atoms with E-state index in [0.717, 1.165) is 28.3 Å². The third-order valence-corrected chi connectivity index (χ3v) is 7.21. The molecule has 0 aliphatic heterocycles. The summed E-state index contributed by atoms with van der Waals surface area (Å²) >= 11 is 0. The lowest BCUT2D eigenvalue weighted by Crippen LogP contribution is -2.17. The Hall–Kier alpha value is -4.11. The Morgan fingerprint density at radius 3 is 2.00 bits per heavy atom.